The van der Waals surface area contributed by atoms with E-state index in [-0.39, 0.29) is 0 Å². The van der Waals surface area contributed by atoms with Crippen LogP contribution < -0.4 is 11.3 Å². The van der Waals surface area contributed by atoms with Gasteiger partial charge in [0, 0.05) is 6.20 Å². The highest BCUT2D eigenvalue weighted by Crippen LogP contribution is 2.26. The van der Waals surface area contributed by atoms with E-state index in [2.05, 4.69) is 17.3 Å². The molecule has 1 aliphatic rings. The molecule has 1 aromatic heterocycles. The molecule has 1 heterocycles. The maximum atomic E-state index is 5.91. The van der Waals surface area contributed by atoms with Crippen LogP contribution in [0.25, 0.3) is 0 Å². The zero-order valence-electron chi connectivity index (χ0n) is 10.4. The molecule has 4 heteroatoms. The minimum absolute atomic E-state index is 0.398. The maximum absolute atomic E-state index is 5.91. The van der Waals surface area contributed by atoms with Crippen LogP contribution in [-0.2, 0) is 11.3 Å². The zero-order valence-corrected chi connectivity index (χ0v) is 10.4. The molecule has 4 nitrogen and oxygen atoms in total. The van der Waals surface area contributed by atoms with Crippen molar-refractivity contribution in [2.45, 2.75) is 45.3 Å². The molecule has 17 heavy (non-hydrogen) atoms. The fourth-order valence-corrected chi connectivity index (χ4v) is 2.38. The number of aromatic nitrogens is 1. The van der Waals surface area contributed by atoms with Gasteiger partial charge in [0.05, 0.1) is 24.1 Å². The third-order valence-electron chi connectivity index (χ3n) is 3.34. The summed E-state index contributed by atoms with van der Waals surface area (Å²) in [5.74, 6) is 6.15. The summed E-state index contributed by atoms with van der Waals surface area (Å²) >= 11 is 0. The fourth-order valence-electron chi connectivity index (χ4n) is 2.38. The van der Waals surface area contributed by atoms with Gasteiger partial charge < -0.3 is 10.2 Å². The monoisotopic (exact) mass is 235 g/mol. The Morgan fingerprint density at radius 2 is 2.41 bits per heavy atom. The normalized spacial score (nSPS) is 24.6. The molecule has 1 aliphatic carbocycles. The summed E-state index contributed by atoms with van der Waals surface area (Å²) in [7, 11) is 0. The lowest BCUT2D eigenvalue weighted by atomic mass is 9.89. The van der Waals surface area contributed by atoms with Crippen molar-refractivity contribution in [2.75, 3.05) is 5.43 Å². The molecule has 3 N–H and O–H groups in total. The van der Waals surface area contributed by atoms with Crippen LogP contribution >= 0.6 is 0 Å². The standard InChI is InChI=1S/C13H21N3O/c1-10-3-2-4-13(7-10)17-9-12-8-11(16-14)5-6-15-12/h5-6,8,10,13H,2-4,7,9,14H2,1H3,(H,15,16). The highest BCUT2D eigenvalue weighted by Gasteiger charge is 2.19. The number of nitrogens with one attached hydrogen (secondary N) is 1. The van der Waals surface area contributed by atoms with Crippen molar-refractivity contribution in [1.82, 2.24) is 4.98 Å². The van der Waals surface area contributed by atoms with E-state index in [4.69, 9.17) is 10.6 Å². The SMILES string of the molecule is CC1CCCC(OCc2cc(NN)ccn2)C1. The minimum Gasteiger partial charge on any atom is -0.372 e. The van der Waals surface area contributed by atoms with Crippen LogP contribution in [0.4, 0.5) is 5.69 Å². The molecule has 1 aromatic rings. The number of nitrogens with two attached hydrogens (primary N) is 1. The van der Waals surface area contributed by atoms with Gasteiger partial charge in [-0.05, 0) is 30.9 Å². The van der Waals surface area contributed by atoms with Crippen molar-refractivity contribution >= 4 is 5.69 Å². The number of ether oxygens (including phenoxy) is 1. The van der Waals surface area contributed by atoms with Gasteiger partial charge in [0.25, 0.3) is 0 Å². The molecule has 2 atom stereocenters. The lowest BCUT2D eigenvalue weighted by Gasteiger charge is -2.26. The number of pyridine rings is 1. The van der Waals surface area contributed by atoms with E-state index in [1.165, 1.54) is 25.7 Å². The smallest absolute Gasteiger partial charge is 0.0892 e. The fraction of sp³-hybridized carbons (Fsp3) is 0.615. The molecule has 2 unspecified atom stereocenters. The van der Waals surface area contributed by atoms with Gasteiger partial charge in [-0.25, -0.2) is 0 Å². The molecule has 0 amide bonds. The van der Waals surface area contributed by atoms with Crippen molar-refractivity contribution in [3.05, 3.63) is 24.0 Å². The van der Waals surface area contributed by atoms with E-state index in [1.54, 1.807) is 6.20 Å². The summed E-state index contributed by atoms with van der Waals surface area (Å²) in [6.45, 7) is 2.87. The van der Waals surface area contributed by atoms with Crippen molar-refractivity contribution < 1.29 is 4.74 Å². The van der Waals surface area contributed by atoms with Gasteiger partial charge in [-0.2, -0.15) is 0 Å². The molecule has 1 saturated carbocycles. The third-order valence-corrected chi connectivity index (χ3v) is 3.34. The second kappa shape index (κ2) is 5.98. The van der Waals surface area contributed by atoms with Gasteiger partial charge in [-0.3, -0.25) is 10.8 Å². The molecule has 0 spiro atoms. The first-order valence-electron chi connectivity index (χ1n) is 6.31. The Bertz CT molecular complexity index is 356. The Morgan fingerprint density at radius 3 is 3.18 bits per heavy atom. The van der Waals surface area contributed by atoms with Crippen molar-refractivity contribution in [3.8, 4) is 0 Å². The van der Waals surface area contributed by atoms with Crippen LogP contribution in [0, 0.1) is 5.92 Å². The Kier molecular flexibility index (Phi) is 4.34. The van der Waals surface area contributed by atoms with E-state index in [0.29, 0.717) is 12.7 Å². The lowest BCUT2D eigenvalue weighted by molar-refractivity contribution is 0.00323. The van der Waals surface area contributed by atoms with E-state index < -0.39 is 0 Å². The van der Waals surface area contributed by atoms with Gasteiger partial charge in [0.15, 0.2) is 0 Å². The largest absolute Gasteiger partial charge is 0.372 e. The van der Waals surface area contributed by atoms with Crippen LogP contribution in [0.15, 0.2) is 18.3 Å². The summed E-state index contributed by atoms with van der Waals surface area (Å²) in [4.78, 5) is 4.27. The predicted octanol–water partition coefficient (Wildman–Crippen LogP) is 2.46. The van der Waals surface area contributed by atoms with Gasteiger partial charge in [0.2, 0.25) is 0 Å². The first-order valence-corrected chi connectivity index (χ1v) is 6.31. The molecular formula is C13H21N3O. The quantitative estimate of drug-likeness (QED) is 0.621. The van der Waals surface area contributed by atoms with Crippen molar-refractivity contribution in [3.63, 3.8) is 0 Å². The Hall–Kier alpha value is -1.13. The van der Waals surface area contributed by atoms with Crippen molar-refractivity contribution in [1.29, 1.82) is 0 Å². The Balaban J connectivity index is 1.84. The number of anilines is 1. The van der Waals surface area contributed by atoms with Gasteiger partial charge in [0.1, 0.15) is 0 Å². The summed E-state index contributed by atoms with van der Waals surface area (Å²) in [5, 5.41) is 0. The molecule has 0 aromatic carbocycles. The number of nitrogen functional groups attached to an aromatic ring is 1. The van der Waals surface area contributed by atoms with Crippen molar-refractivity contribution in [2.24, 2.45) is 11.8 Å². The zero-order chi connectivity index (χ0) is 12.1. The van der Waals surface area contributed by atoms with Crippen LogP contribution in [0.1, 0.15) is 38.3 Å². The Labute approximate surface area is 103 Å². The molecule has 0 bridgehead atoms. The van der Waals surface area contributed by atoms with Crippen LogP contribution in [0.2, 0.25) is 0 Å². The topological polar surface area (TPSA) is 60.2 Å². The van der Waals surface area contributed by atoms with Gasteiger partial charge >= 0.3 is 0 Å². The molecule has 0 saturated heterocycles. The van der Waals surface area contributed by atoms with E-state index in [0.717, 1.165) is 17.3 Å². The van der Waals surface area contributed by atoms with E-state index in [1.807, 2.05) is 12.1 Å². The van der Waals surface area contributed by atoms with Crippen LogP contribution in [0.5, 0.6) is 0 Å². The lowest BCUT2D eigenvalue weighted by Crippen LogP contribution is -2.21. The molecule has 1 fully saturated rings. The Morgan fingerprint density at radius 1 is 1.53 bits per heavy atom. The number of hydrazine groups is 1. The number of rotatable bonds is 4. The first kappa shape index (κ1) is 12.3. The summed E-state index contributed by atoms with van der Waals surface area (Å²) in [6.07, 6.45) is 7.12. The maximum Gasteiger partial charge on any atom is 0.0892 e. The van der Waals surface area contributed by atoms with Gasteiger partial charge in [-0.1, -0.05) is 19.8 Å². The van der Waals surface area contributed by atoms with Crippen LogP contribution in [-0.4, -0.2) is 11.1 Å². The molecule has 0 radical (unpaired) electrons. The highest BCUT2D eigenvalue weighted by atomic mass is 16.5. The third kappa shape index (κ3) is 3.68. The van der Waals surface area contributed by atoms with E-state index in [9.17, 15) is 0 Å². The first-order chi connectivity index (χ1) is 8.28. The van der Waals surface area contributed by atoms with E-state index >= 15 is 0 Å². The minimum atomic E-state index is 0.398. The molecule has 2 rings (SSSR count). The second-order valence-electron chi connectivity index (χ2n) is 4.88. The predicted molar refractivity (Wildman–Crippen MR) is 68.3 cm³/mol. The molecule has 0 aliphatic heterocycles. The average molecular weight is 235 g/mol. The highest BCUT2D eigenvalue weighted by molar-refractivity contribution is 5.41. The van der Waals surface area contributed by atoms with Crippen LogP contribution in [0.3, 0.4) is 0 Å². The summed E-state index contributed by atoms with van der Waals surface area (Å²) in [6, 6.07) is 3.76. The molecule has 94 valence electrons. The summed E-state index contributed by atoms with van der Waals surface area (Å²) < 4.78 is 5.91. The second-order valence-corrected chi connectivity index (χ2v) is 4.88. The number of nitrogens with zero attached hydrogens (tertiary/aromatic N) is 1. The average Bonchev–Trinajstić information content (AvgIpc) is 2.37. The number of hydrogen-bond acceptors (Lipinski definition) is 4. The summed E-state index contributed by atoms with van der Waals surface area (Å²) in [5.41, 5.74) is 4.42. The van der Waals surface area contributed by atoms with Gasteiger partial charge in [-0.15, -0.1) is 0 Å². The molecular weight excluding hydrogens is 214 g/mol. The number of hydrogen-bond donors (Lipinski definition) is 2.